The average molecular weight is 457 g/mol. The number of rotatable bonds is 5. The van der Waals surface area contributed by atoms with Crippen molar-refractivity contribution in [1.29, 1.82) is 5.26 Å². The maximum atomic E-state index is 12.4. The second-order valence-corrected chi connectivity index (χ2v) is 11.0. The summed E-state index contributed by atoms with van der Waals surface area (Å²) in [6.07, 6.45) is 6.47. The van der Waals surface area contributed by atoms with Gasteiger partial charge in [0.1, 0.15) is 11.1 Å². The molecule has 1 N–H and O–H groups in total. The molecule has 1 unspecified atom stereocenters. The molecule has 1 amide bonds. The Labute approximate surface area is 186 Å². The summed E-state index contributed by atoms with van der Waals surface area (Å²) < 4.78 is 5.79. The number of nitriles is 1. The number of anilines is 1. The number of fused-ring (bicyclic) bond motifs is 2. The van der Waals surface area contributed by atoms with E-state index in [0.717, 1.165) is 48.5 Å². The van der Waals surface area contributed by atoms with Crippen LogP contribution < -0.4 is 5.32 Å². The van der Waals surface area contributed by atoms with Crippen molar-refractivity contribution < 1.29 is 9.21 Å². The van der Waals surface area contributed by atoms with E-state index in [1.807, 2.05) is 0 Å². The fraction of sp³-hybridized carbons (Fsp3) is 0.429. The van der Waals surface area contributed by atoms with E-state index in [2.05, 4.69) is 34.6 Å². The molecular weight excluding hydrogens is 436 g/mol. The zero-order valence-electron chi connectivity index (χ0n) is 16.5. The maximum absolute atomic E-state index is 12.4. The zero-order chi connectivity index (χ0) is 20.7. The average Bonchev–Trinajstić information content (AvgIpc) is 3.48. The molecule has 30 heavy (non-hydrogen) atoms. The van der Waals surface area contributed by atoms with Crippen LogP contribution in [0, 0.1) is 17.2 Å². The number of aryl methyl sites for hydroxylation is 2. The number of hydrogen-bond donors (Lipinski definition) is 1. The monoisotopic (exact) mass is 456 g/mol. The first kappa shape index (κ1) is 19.8. The first-order valence-electron chi connectivity index (χ1n) is 10.0. The zero-order valence-corrected chi connectivity index (χ0v) is 18.9. The van der Waals surface area contributed by atoms with Crippen molar-refractivity contribution in [3.8, 4) is 16.8 Å². The second kappa shape index (κ2) is 8.17. The van der Waals surface area contributed by atoms with Gasteiger partial charge in [0.05, 0.1) is 16.2 Å². The molecule has 9 heteroatoms. The minimum atomic E-state index is -0.170. The van der Waals surface area contributed by atoms with Crippen LogP contribution in [-0.4, -0.2) is 21.9 Å². The number of hydrogen-bond acceptors (Lipinski definition) is 8. The molecule has 0 spiro atoms. The van der Waals surface area contributed by atoms with Gasteiger partial charge in [-0.05, 0) is 61.6 Å². The quantitative estimate of drug-likeness (QED) is 0.539. The largest absolute Gasteiger partial charge is 0.410 e. The molecule has 3 aromatic rings. The Morgan fingerprint density at radius 3 is 3.10 bits per heavy atom. The molecule has 3 aromatic heterocycles. The molecule has 0 fully saturated rings. The highest BCUT2D eigenvalue weighted by atomic mass is 32.2. The Balaban J connectivity index is 1.21. The number of nitrogens with one attached hydrogen (secondary N) is 1. The van der Waals surface area contributed by atoms with Crippen LogP contribution in [0.25, 0.3) is 10.8 Å². The first-order chi connectivity index (χ1) is 14.6. The molecule has 0 radical (unpaired) electrons. The van der Waals surface area contributed by atoms with Gasteiger partial charge < -0.3 is 9.73 Å². The molecule has 1 atom stereocenters. The number of thiophene rings is 2. The van der Waals surface area contributed by atoms with Gasteiger partial charge in [0.2, 0.25) is 5.91 Å². The molecule has 0 saturated heterocycles. The summed E-state index contributed by atoms with van der Waals surface area (Å²) in [7, 11) is 0. The highest BCUT2D eigenvalue weighted by Crippen LogP contribution is 2.39. The Hall–Kier alpha value is -2.15. The van der Waals surface area contributed by atoms with Crippen LogP contribution in [0.5, 0.6) is 0 Å². The molecule has 0 aliphatic heterocycles. The van der Waals surface area contributed by atoms with Crippen molar-refractivity contribution in [2.45, 2.75) is 50.7 Å². The van der Waals surface area contributed by atoms with Crippen molar-refractivity contribution in [1.82, 2.24) is 10.2 Å². The van der Waals surface area contributed by atoms with Gasteiger partial charge in [-0.1, -0.05) is 18.7 Å². The SMILES string of the molecule is CC1CCc2sc(-c3nnc(SCC(=O)Nc4sc5c(c4C#N)CCC5)o3)cc2C1. The predicted molar refractivity (Wildman–Crippen MR) is 119 cm³/mol. The van der Waals surface area contributed by atoms with E-state index in [1.165, 1.54) is 44.8 Å². The van der Waals surface area contributed by atoms with Crippen LogP contribution in [-0.2, 0) is 30.5 Å². The van der Waals surface area contributed by atoms with E-state index in [1.54, 1.807) is 11.3 Å². The van der Waals surface area contributed by atoms with Gasteiger partial charge >= 0.3 is 0 Å². The molecule has 2 aliphatic carbocycles. The molecule has 5 rings (SSSR count). The third kappa shape index (κ3) is 3.80. The lowest BCUT2D eigenvalue weighted by Gasteiger charge is -2.16. The number of aromatic nitrogens is 2. The summed E-state index contributed by atoms with van der Waals surface area (Å²) >= 11 is 4.47. The van der Waals surface area contributed by atoms with Crippen LogP contribution >= 0.6 is 34.4 Å². The minimum absolute atomic E-state index is 0.160. The third-order valence-electron chi connectivity index (χ3n) is 5.56. The van der Waals surface area contributed by atoms with E-state index >= 15 is 0 Å². The fourth-order valence-electron chi connectivity index (χ4n) is 4.08. The normalized spacial score (nSPS) is 17.4. The highest BCUT2D eigenvalue weighted by molar-refractivity contribution is 7.99. The maximum Gasteiger partial charge on any atom is 0.277 e. The summed E-state index contributed by atoms with van der Waals surface area (Å²) in [5.41, 5.74) is 3.14. The van der Waals surface area contributed by atoms with Gasteiger partial charge in [-0.2, -0.15) is 5.26 Å². The van der Waals surface area contributed by atoms with Crippen LogP contribution in [0.3, 0.4) is 0 Å². The van der Waals surface area contributed by atoms with E-state index in [-0.39, 0.29) is 11.7 Å². The molecule has 154 valence electrons. The smallest absolute Gasteiger partial charge is 0.277 e. The molecule has 2 aliphatic rings. The van der Waals surface area contributed by atoms with Crippen LogP contribution in [0.15, 0.2) is 15.7 Å². The standard InChI is InChI=1S/C21H20N4O2S3/c1-11-5-6-15-12(7-11)8-17(29-15)19-24-25-21(27-19)28-10-18(26)23-20-14(9-22)13-3-2-4-16(13)30-20/h8,11H,2-7,10H2,1H3,(H,23,26). The lowest BCUT2D eigenvalue weighted by Crippen LogP contribution is -2.14. The Morgan fingerprint density at radius 2 is 2.23 bits per heavy atom. The van der Waals surface area contributed by atoms with E-state index in [4.69, 9.17) is 4.42 Å². The highest BCUT2D eigenvalue weighted by Gasteiger charge is 2.24. The predicted octanol–water partition coefficient (Wildman–Crippen LogP) is 5.08. The number of thioether (sulfide) groups is 1. The fourth-order valence-corrected chi connectivity index (χ4v) is 7.03. The van der Waals surface area contributed by atoms with Crippen LogP contribution in [0.4, 0.5) is 5.00 Å². The van der Waals surface area contributed by atoms with Crippen molar-refractivity contribution in [3.63, 3.8) is 0 Å². The van der Waals surface area contributed by atoms with E-state index in [9.17, 15) is 10.1 Å². The lowest BCUT2D eigenvalue weighted by molar-refractivity contribution is -0.113. The van der Waals surface area contributed by atoms with Crippen molar-refractivity contribution in [2.24, 2.45) is 5.92 Å². The number of nitrogens with zero attached hydrogens (tertiary/aromatic N) is 3. The molecule has 0 aromatic carbocycles. The van der Waals surface area contributed by atoms with Gasteiger partial charge in [-0.3, -0.25) is 4.79 Å². The molecule has 3 heterocycles. The van der Waals surface area contributed by atoms with Crippen molar-refractivity contribution >= 4 is 45.3 Å². The number of carbonyl (C=O) groups excluding carboxylic acids is 1. The number of amides is 1. The third-order valence-corrected chi connectivity index (χ3v) is 8.81. The topological polar surface area (TPSA) is 91.8 Å². The first-order valence-corrected chi connectivity index (χ1v) is 12.7. The molecule has 6 nitrogen and oxygen atoms in total. The Kier molecular flexibility index (Phi) is 5.39. The molecule has 0 bridgehead atoms. The summed E-state index contributed by atoms with van der Waals surface area (Å²) in [5, 5.41) is 21.6. The Bertz CT molecular complexity index is 1150. The molecular formula is C21H20N4O2S3. The minimum Gasteiger partial charge on any atom is -0.410 e. The summed E-state index contributed by atoms with van der Waals surface area (Å²) in [4.78, 5) is 16.1. The molecule has 0 saturated carbocycles. The summed E-state index contributed by atoms with van der Waals surface area (Å²) in [6, 6.07) is 4.42. The van der Waals surface area contributed by atoms with Crippen molar-refractivity contribution in [2.75, 3.05) is 11.1 Å². The second-order valence-electron chi connectivity index (χ2n) is 7.79. The van der Waals surface area contributed by atoms with Gasteiger partial charge in [-0.25, -0.2) is 0 Å². The van der Waals surface area contributed by atoms with Gasteiger partial charge in [0.25, 0.3) is 11.1 Å². The van der Waals surface area contributed by atoms with E-state index < -0.39 is 0 Å². The van der Waals surface area contributed by atoms with Crippen molar-refractivity contribution in [3.05, 3.63) is 32.5 Å². The summed E-state index contributed by atoms with van der Waals surface area (Å²) in [6.45, 7) is 2.29. The van der Waals surface area contributed by atoms with Gasteiger partial charge in [0, 0.05) is 9.75 Å². The number of carbonyl (C=O) groups is 1. The van der Waals surface area contributed by atoms with Gasteiger partial charge in [0.15, 0.2) is 0 Å². The van der Waals surface area contributed by atoms with Gasteiger partial charge in [-0.15, -0.1) is 32.9 Å². The summed E-state index contributed by atoms with van der Waals surface area (Å²) in [5.74, 6) is 1.23. The van der Waals surface area contributed by atoms with Crippen LogP contribution in [0.2, 0.25) is 0 Å². The lowest BCUT2D eigenvalue weighted by atomic mass is 9.90. The Morgan fingerprint density at radius 1 is 1.33 bits per heavy atom. The van der Waals surface area contributed by atoms with E-state index in [0.29, 0.717) is 21.7 Å². The van der Waals surface area contributed by atoms with Crippen LogP contribution in [0.1, 0.15) is 46.2 Å².